The Labute approximate surface area is 240 Å². The second-order valence-electron chi connectivity index (χ2n) is 6.63. The molecule has 1 aromatic carbocycles. The first-order valence-corrected chi connectivity index (χ1v) is 11.1. The number of hydrogen-bond donors (Lipinski definition) is 2. The molecule has 0 saturated heterocycles. The van der Waals surface area contributed by atoms with Crippen LogP contribution in [0.5, 0.6) is 5.88 Å². The fourth-order valence-electron chi connectivity index (χ4n) is 3.04. The Morgan fingerprint density at radius 2 is 1.94 bits per heavy atom. The van der Waals surface area contributed by atoms with Crippen LogP contribution in [0.25, 0.3) is 26.9 Å². The average molecular weight is 529 g/mol. The molecule has 0 aliphatic carbocycles. The maximum atomic E-state index is 15.3. The summed E-state index contributed by atoms with van der Waals surface area (Å²) in [5.41, 5.74) is -1.06. The van der Waals surface area contributed by atoms with E-state index in [4.69, 9.17) is 16.3 Å². The number of hydrogen-bond acceptors (Lipinski definition) is 8. The molecule has 0 bridgehead atoms. The molecule has 0 aliphatic rings. The number of halogens is 2. The van der Waals surface area contributed by atoms with Gasteiger partial charge in [0.05, 0.1) is 17.7 Å². The summed E-state index contributed by atoms with van der Waals surface area (Å²) in [6.45, 7) is 0. The third-order valence-electron chi connectivity index (χ3n) is 4.56. The third-order valence-corrected chi connectivity index (χ3v) is 6.05. The molecule has 0 unspecified atom stereocenters. The van der Waals surface area contributed by atoms with Crippen LogP contribution < -0.4 is 67.0 Å². The molecule has 4 aromatic rings. The minimum atomic E-state index is -4.45. The van der Waals surface area contributed by atoms with Crippen LogP contribution in [-0.2, 0) is 10.0 Å². The Hall–Kier alpha value is -2.13. The maximum Gasteiger partial charge on any atom is 1.00 e. The summed E-state index contributed by atoms with van der Waals surface area (Å²) in [4.78, 5) is 26.8. The smallest absolute Gasteiger partial charge is 0.570 e. The minimum absolute atomic E-state index is 0. The van der Waals surface area contributed by atoms with Crippen LogP contribution in [0.15, 0.2) is 52.4 Å². The molecule has 0 atom stereocenters. The van der Waals surface area contributed by atoms with E-state index < -0.39 is 32.0 Å². The van der Waals surface area contributed by atoms with Gasteiger partial charge in [0.25, 0.3) is 5.56 Å². The van der Waals surface area contributed by atoms with Crippen LogP contribution in [0.4, 0.5) is 16.0 Å². The van der Waals surface area contributed by atoms with Crippen molar-refractivity contribution >= 4 is 44.3 Å². The van der Waals surface area contributed by atoms with Crippen LogP contribution >= 0.6 is 11.6 Å². The average Bonchev–Trinajstić information content (AvgIpc) is 2.79. The summed E-state index contributed by atoms with van der Waals surface area (Å²) in [6, 6.07) is 6.39. The van der Waals surface area contributed by atoms with Crippen molar-refractivity contribution in [2.24, 2.45) is 0 Å². The number of nitrogens with one attached hydrogen (secondary N) is 2. The Kier molecular flexibility index (Phi) is 8.28. The van der Waals surface area contributed by atoms with Gasteiger partial charge in [-0.05, 0) is 12.1 Å². The number of methoxy groups -OCH3 is 1. The van der Waals surface area contributed by atoms with Gasteiger partial charge < -0.3 is 19.8 Å². The number of aromatic amines is 1. The van der Waals surface area contributed by atoms with Crippen molar-refractivity contribution in [1.82, 2.24) is 19.9 Å². The summed E-state index contributed by atoms with van der Waals surface area (Å²) in [6.07, 6.45) is 2.67. The molecule has 4 rings (SSSR count). The molecular weight excluding hydrogens is 514 g/mol. The van der Waals surface area contributed by atoms with E-state index >= 15 is 4.39 Å². The topological polar surface area (TPSA) is 141 Å². The Balaban J connectivity index is 0.00000324. The van der Waals surface area contributed by atoms with Crippen molar-refractivity contribution in [3.63, 3.8) is 0 Å². The van der Waals surface area contributed by atoms with Gasteiger partial charge in [-0.25, -0.2) is 22.8 Å². The molecule has 170 valence electrons. The predicted octanol–water partition coefficient (Wildman–Crippen LogP) is 0.621. The summed E-state index contributed by atoms with van der Waals surface area (Å²) in [5.74, 6) is -0.951. The molecular formula is C20H15ClFKN6O4S. The van der Waals surface area contributed by atoms with Crippen LogP contribution in [0.2, 0.25) is 5.02 Å². The van der Waals surface area contributed by atoms with E-state index in [2.05, 4.69) is 30.0 Å². The van der Waals surface area contributed by atoms with Gasteiger partial charge in [-0.15, -0.1) is 0 Å². The van der Waals surface area contributed by atoms with Gasteiger partial charge in [0.2, 0.25) is 11.8 Å². The van der Waals surface area contributed by atoms with Crippen molar-refractivity contribution in [2.75, 3.05) is 19.5 Å². The standard InChI is InChI=1S/C20H15ClFN6O4S.K/c1-23-20-25-8-10-6-13(18(29)26-17(10)27-20)12-4-3-5-14(16(12)22)28-33(30,31)15-7-11(21)9-24-19(15)32-2;/h3-9H,1-2H3,(H2,23,25,26,27,29);/q-1;+1. The zero-order valence-electron chi connectivity index (χ0n) is 18.1. The largest absolute Gasteiger partial charge is 1.00 e. The summed E-state index contributed by atoms with van der Waals surface area (Å²) in [5, 5.41) is 3.24. The van der Waals surface area contributed by atoms with Gasteiger partial charge in [0, 0.05) is 30.4 Å². The number of aromatic nitrogens is 4. The number of H-pyrrole nitrogens is 1. The van der Waals surface area contributed by atoms with Crippen molar-refractivity contribution in [1.29, 1.82) is 0 Å². The van der Waals surface area contributed by atoms with Gasteiger partial charge in [0.1, 0.15) is 26.4 Å². The Morgan fingerprint density at radius 3 is 2.65 bits per heavy atom. The molecule has 0 fully saturated rings. The number of nitrogens with zero attached hydrogens (tertiary/aromatic N) is 4. The van der Waals surface area contributed by atoms with E-state index in [0.717, 1.165) is 6.07 Å². The van der Waals surface area contributed by atoms with Crippen LogP contribution in [0, 0.1) is 5.82 Å². The number of pyridine rings is 2. The fraction of sp³-hybridized carbons (Fsp3) is 0.100. The van der Waals surface area contributed by atoms with Crippen LogP contribution in [0.3, 0.4) is 0 Å². The van der Waals surface area contributed by atoms with Crippen molar-refractivity contribution in [3.05, 3.63) is 68.6 Å². The van der Waals surface area contributed by atoms with Crippen LogP contribution in [-0.4, -0.2) is 42.5 Å². The molecule has 14 heteroatoms. The zero-order chi connectivity index (χ0) is 23.8. The first-order chi connectivity index (χ1) is 15.7. The predicted molar refractivity (Wildman–Crippen MR) is 121 cm³/mol. The third kappa shape index (κ3) is 5.25. The zero-order valence-corrected chi connectivity index (χ0v) is 22.8. The van der Waals surface area contributed by atoms with E-state index in [1.165, 1.54) is 43.8 Å². The first kappa shape index (κ1) is 26.5. The molecule has 0 aliphatic heterocycles. The molecule has 34 heavy (non-hydrogen) atoms. The van der Waals surface area contributed by atoms with Crippen molar-refractivity contribution in [2.45, 2.75) is 4.90 Å². The monoisotopic (exact) mass is 528 g/mol. The normalized spacial score (nSPS) is 11.1. The first-order valence-electron chi connectivity index (χ1n) is 9.27. The van der Waals surface area contributed by atoms with Gasteiger partial charge in [0.15, 0.2) is 0 Å². The van der Waals surface area contributed by atoms with E-state index in [-0.39, 0.29) is 79.1 Å². The quantitative estimate of drug-likeness (QED) is 0.347. The molecule has 10 nitrogen and oxygen atoms in total. The molecule has 0 radical (unpaired) electrons. The summed E-state index contributed by atoms with van der Waals surface area (Å²) < 4.78 is 49.5. The minimum Gasteiger partial charge on any atom is -0.570 e. The van der Waals surface area contributed by atoms with Gasteiger partial charge in [-0.3, -0.25) is 4.79 Å². The van der Waals surface area contributed by atoms with Crippen molar-refractivity contribution in [3.8, 4) is 17.0 Å². The van der Waals surface area contributed by atoms with E-state index in [0.29, 0.717) is 11.3 Å². The molecule has 0 saturated carbocycles. The fourth-order valence-corrected chi connectivity index (χ4v) is 4.39. The second-order valence-corrected chi connectivity index (χ2v) is 8.63. The van der Waals surface area contributed by atoms with Gasteiger partial charge in [-0.2, -0.15) is 4.98 Å². The molecule has 3 aromatic heterocycles. The van der Waals surface area contributed by atoms with E-state index in [1.807, 2.05) is 0 Å². The Bertz CT molecular complexity index is 1550. The molecule has 0 amide bonds. The Morgan fingerprint density at radius 1 is 1.18 bits per heavy atom. The second kappa shape index (κ2) is 10.6. The maximum absolute atomic E-state index is 15.3. The summed E-state index contributed by atoms with van der Waals surface area (Å²) in [7, 11) is -1.60. The number of ether oxygens (including phenoxy) is 1. The molecule has 0 spiro atoms. The number of anilines is 1. The van der Waals surface area contributed by atoms with Crippen LogP contribution in [0.1, 0.15) is 0 Å². The number of fused-ring (bicyclic) bond motifs is 1. The van der Waals surface area contributed by atoms with Gasteiger partial charge in [-0.1, -0.05) is 35.5 Å². The number of sulfonamides is 1. The van der Waals surface area contributed by atoms with Crippen molar-refractivity contribution < 1.29 is 68.9 Å². The van der Waals surface area contributed by atoms with E-state index in [1.54, 1.807) is 7.05 Å². The summed E-state index contributed by atoms with van der Waals surface area (Å²) >= 11 is 5.85. The molecule has 2 N–H and O–H groups in total. The van der Waals surface area contributed by atoms with Gasteiger partial charge >= 0.3 is 51.4 Å². The SMILES string of the molecule is CNc1ncc2cc(-c3cccc([N-]S(=O)(=O)c4cc(Cl)cnc4OC)c3F)c(=O)[nH]c2n1.[K+]. The number of rotatable bonds is 6. The molecule has 3 heterocycles. The van der Waals surface area contributed by atoms with E-state index in [9.17, 15) is 13.2 Å². The number of benzene rings is 1.